The summed E-state index contributed by atoms with van der Waals surface area (Å²) in [6, 6.07) is 4.04. The number of nitrogens with zero attached hydrogens (tertiary/aromatic N) is 1. The first-order valence-corrected chi connectivity index (χ1v) is 8.04. The quantitative estimate of drug-likeness (QED) is 0.797. The van der Waals surface area contributed by atoms with E-state index in [0.29, 0.717) is 17.9 Å². The summed E-state index contributed by atoms with van der Waals surface area (Å²) in [5, 5.41) is 8.55. The van der Waals surface area contributed by atoms with Gasteiger partial charge in [0.1, 0.15) is 12.3 Å². The molecule has 0 radical (unpaired) electrons. The monoisotopic (exact) mass is 328 g/mol. The van der Waals surface area contributed by atoms with Gasteiger partial charge in [0.25, 0.3) is 5.91 Å². The minimum atomic E-state index is -3.97. The molecule has 2 rings (SSSR count). The van der Waals surface area contributed by atoms with Crippen LogP contribution >= 0.6 is 0 Å². The van der Waals surface area contributed by atoms with Gasteiger partial charge >= 0.3 is 5.97 Å². The van der Waals surface area contributed by atoms with Gasteiger partial charge in [-0.1, -0.05) is 6.92 Å². The molecule has 0 fully saturated rings. The maximum atomic E-state index is 12.1. The summed E-state index contributed by atoms with van der Waals surface area (Å²) in [4.78, 5) is 23.7. The molecule has 1 amide bonds. The fraction of sp³-hybridized carbons (Fsp3) is 0.385. The molecule has 120 valence electrons. The number of amides is 1. The van der Waals surface area contributed by atoms with Gasteiger partial charge in [-0.25, -0.2) is 8.42 Å². The number of hydrogen-bond acceptors (Lipinski definition) is 5. The molecule has 1 aromatic rings. The van der Waals surface area contributed by atoms with Gasteiger partial charge in [0.15, 0.2) is 6.10 Å². The number of nitrogens with one attached hydrogen (secondary N) is 1. The zero-order valence-corrected chi connectivity index (χ0v) is 12.9. The predicted molar refractivity (Wildman–Crippen MR) is 77.4 cm³/mol. The average molecular weight is 328 g/mol. The maximum absolute atomic E-state index is 12.1. The lowest BCUT2D eigenvalue weighted by atomic mass is 10.1. The molecule has 1 aliphatic heterocycles. The van der Waals surface area contributed by atoms with E-state index < -0.39 is 28.6 Å². The predicted octanol–water partition coefficient (Wildman–Crippen LogP) is 0.183. The molecule has 8 nitrogen and oxygen atoms in total. The van der Waals surface area contributed by atoms with Crippen molar-refractivity contribution in [2.24, 2.45) is 0 Å². The van der Waals surface area contributed by atoms with Crippen molar-refractivity contribution in [3.05, 3.63) is 18.2 Å². The summed E-state index contributed by atoms with van der Waals surface area (Å²) in [7, 11) is -2.44. The number of benzene rings is 1. The highest BCUT2D eigenvalue weighted by molar-refractivity contribution is 7.89. The highest BCUT2D eigenvalue weighted by Crippen LogP contribution is 2.35. The number of carbonyl (C=O) groups excluding carboxylic acids is 1. The Morgan fingerprint density at radius 3 is 2.73 bits per heavy atom. The molecule has 1 aromatic carbocycles. The standard InChI is InChI=1S/C13H16N2O6S/c1-3-10-13(18)15(2)9-6-8(4-5-11(9)21-10)22(19,20)14-7-12(16)17/h4-6,10,14H,3,7H2,1-2H3,(H,16,17). The van der Waals surface area contributed by atoms with Gasteiger partial charge in [-0.2, -0.15) is 4.72 Å². The lowest BCUT2D eigenvalue weighted by molar-refractivity contribution is -0.135. The van der Waals surface area contributed by atoms with Crippen molar-refractivity contribution in [3.8, 4) is 5.75 Å². The highest BCUT2D eigenvalue weighted by Gasteiger charge is 2.32. The fourth-order valence-electron chi connectivity index (χ4n) is 2.06. The number of anilines is 1. The molecular formula is C13H16N2O6S. The van der Waals surface area contributed by atoms with E-state index in [4.69, 9.17) is 9.84 Å². The normalized spacial score (nSPS) is 17.8. The minimum absolute atomic E-state index is 0.134. The number of carboxylic acid groups (broad SMARTS) is 1. The van der Waals surface area contributed by atoms with Crippen LogP contribution in [0.25, 0.3) is 0 Å². The Balaban J connectivity index is 2.36. The molecule has 0 saturated carbocycles. The van der Waals surface area contributed by atoms with Crippen molar-refractivity contribution in [2.75, 3.05) is 18.5 Å². The SMILES string of the molecule is CCC1Oc2ccc(S(=O)(=O)NCC(=O)O)cc2N(C)C1=O. The first kappa shape index (κ1) is 16.2. The molecule has 0 bridgehead atoms. The van der Waals surface area contributed by atoms with Crippen molar-refractivity contribution in [3.63, 3.8) is 0 Å². The van der Waals surface area contributed by atoms with Gasteiger partial charge in [0.2, 0.25) is 10.0 Å². The minimum Gasteiger partial charge on any atom is -0.480 e. The van der Waals surface area contributed by atoms with E-state index in [9.17, 15) is 18.0 Å². The second-order valence-electron chi connectivity index (χ2n) is 4.76. The smallest absolute Gasteiger partial charge is 0.318 e. The number of hydrogen-bond donors (Lipinski definition) is 2. The van der Waals surface area contributed by atoms with Crippen LogP contribution in [-0.2, 0) is 19.6 Å². The van der Waals surface area contributed by atoms with Crippen LogP contribution in [0.1, 0.15) is 13.3 Å². The van der Waals surface area contributed by atoms with E-state index in [-0.39, 0.29) is 10.8 Å². The van der Waals surface area contributed by atoms with E-state index in [1.807, 2.05) is 11.6 Å². The van der Waals surface area contributed by atoms with E-state index >= 15 is 0 Å². The summed E-state index contributed by atoms with van der Waals surface area (Å²) >= 11 is 0. The Morgan fingerprint density at radius 1 is 1.45 bits per heavy atom. The first-order chi connectivity index (χ1) is 10.3. The van der Waals surface area contributed by atoms with Crippen LogP contribution in [0.3, 0.4) is 0 Å². The summed E-state index contributed by atoms with van der Waals surface area (Å²) < 4.78 is 31.5. The number of sulfonamides is 1. The van der Waals surface area contributed by atoms with Crippen LogP contribution in [0.4, 0.5) is 5.69 Å². The van der Waals surface area contributed by atoms with E-state index in [1.165, 1.54) is 30.1 Å². The van der Waals surface area contributed by atoms with Gasteiger partial charge in [-0.15, -0.1) is 0 Å². The Kier molecular flexibility index (Phi) is 4.38. The maximum Gasteiger partial charge on any atom is 0.318 e. The van der Waals surface area contributed by atoms with Crippen molar-refractivity contribution < 1.29 is 27.9 Å². The summed E-state index contributed by atoms with van der Waals surface area (Å²) in [5.41, 5.74) is 0.327. The van der Waals surface area contributed by atoms with Gasteiger partial charge in [0, 0.05) is 7.05 Å². The Bertz CT molecular complexity index is 715. The molecule has 1 heterocycles. The van der Waals surface area contributed by atoms with Crippen LogP contribution in [0.2, 0.25) is 0 Å². The van der Waals surface area contributed by atoms with Gasteiger partial charge in [-0.05, 0) is 24.6 Å². The summed E-state index contributed by atoms with van der Waals surface area (Å²) in [6.07, 6.45) is -0.0897. The van der Waals surface area contributed by atoms with Gasteiger partial charge in [-0.3, -0.25) is 9.59 Å². The number of likely N-dealkylation sites (N-methyl/N-ethyl adjacent to an activating group) is 1. The number of ether oxygens (including phenoxy) is 1. The second kappa shape index (κ2) is 5.93. The molecule has 0 aromatic heterocycles. The Morgan fingerprint density at radius 2 is 2.14 bits per heavy atom. The van der Waals surface area contributed by atoms with Crippen LogP contribution in [0.5, 0.6) is 5.75 Å². The zero-order valence-electron chi connectivity index (χ0n) is 12.1. The third kappa shape index (κ3) is 3.04. The molecule has 1 aliphatic rings. The fourth-order valence-corrected chi connectivity index (χ4v) is 3.06. The molecule has 1 atom stereocenters. The molecule has 0 aliphatic carbocycles. The lowest BCUT2D eigenvalue weighted by Crippen LogP contribution is -2.43. The van der Waals surface area contributed by atoms with Gasteiger partial charge < -0.3 is 14.7 Å². The van der Waals surface area contributed by atoms with Crippen molar-refractivity contribution in [1.29, 1.82) is 0 Å². The molecule has 0 spiro atoms. The largest absolute Gasteiger partial charge is 0.480 e. The van der Waals surface area contributed by atoms with Crippen LogP contribution < -0.4 is 14.4 Å². The van der Waals surface area contributed by atoms with E-state index in [1.54, 1.807) is 0 Å². The third-order valence-corrected chi connectivity index (χ3v) is 4.66. The molecule has 9 heteroatoms. The number of fused-ring (bicyclic) bond motifs is 1. The average Bonchev–Trinajstić information content (AvgIpc) is 2.48. The lowest BCUT2D eigenvalue weighted by Gasteiger charge is -2.31. The molecule has 1 unspecified atom stereocenters. The molecular weight excluding hydrogens is 312 g/mol. The van der Waals surface area contributed by atoms with Crippen molar-refractivity contribution in [1.82, 2.24) is 4.72 Å². The molecule has 22 heavy (non-hydrogen) atoms. The Hall–Kier alpha value is -2.13. The summed E-state index contributed by atoms with van der Waals surface area (Å²) in [6.45, 7) is 1.10. The second-order valence-corrected chi connectivity index (χ2v) is 6.53. The number of carboxylic acids is 1. The number of rotatable bonds is 5. The van der Waals surface area contributed by atoms with Crippen LogP contribution in [0.15, 0.2) is 23.1 Å². The zero-order chi connectivity index (χ0) is 16.5. The summed E-state index contributed by atoms with van der Waals surface area (Å²) in [5.74, 6) is -1.14. The van der Waals surface area contributed by atoms with Crippen molar-refractivity contribution in [2.45, 2.75) is 24.3 Å². The topological polar surface area (TPSA) is 113 Å². The van der Waals surface area contributed by atoms with Crippen LogP contribution in [-0.4, -0.2) is 45.1 Å². The number of aliphatic carboxylic acids is 1. The van der Waals surface area contributed by atoms with Crippen molar-refractivity contribution >= 4 is 27.6 Å². The van der Waals surface area contributed by atoms with Crippen LogP contribution in [0, 0.1) is 0 Å². The highest BCUT2D eigenvalue weighted by atomic mass is 32.2. The third-order valence-electron chi connectivity index (χ3n) is 3.26. The number of carbonyl (C=O) groups is 2. The van der Waals surface area contributed by atoms with E-state index in [0.717, 1.165) is 0 Å². The first-order valence-electron chi connectivity index (χ1n) is 6.56. The molecule has 0 saturated heterocycles. The van der Waals surface area contributed by atoms with E-state index in [2.05, 4.69) is 0 Å². The van der Waals surface area contributed by atoms with Gasteiger partial charge in [0.05, 0.1) is 10.6 Å². The molecule has 2 N–H and O–H groups in total. The Labute approximate surface area is 127 Å².